The van der Waals surface area contributed by atoms with Crippen molar-refractivity contribution in [3.63, 3.8) is 0 Å². The first-order valence-corrected chi connectivity index (χ1v) is 10.4. The van der Waals surface area contributed by atoms with Gasteiger partial charge in [0.25, 0.3) is 0 Å². The molecule has 1 atom stereocenters. The largest absolute Gasteiger partial charge is 0.324 e. The summed E-state index contributed by atoms with van der Waals surface area (Å²) < 4.78 is 25.7. The van der Waals surface area contributed by atoms with E-state index >= 15 is 0 Å². The zero-order chi connectivity index (χ0) is 19.6. The Morgan fingerprint density at radius 1 is 1.08 bits per heavy atom. The molecular formula is C18H20Cl2N2O3S. The molecule has 8 heteroatoms. The van der Waals surface area contributed by atoms with Crippen LogP contribution in [0.15, 0.2) is 36.4 Å². The number of anilines is 2. The molecule has 26 heavy (non-hydrogen) atoms. The van der Waals surface area contributed by atoms with Gasteiger partial charge in [-0.05, 0) is 50.1 Å². The molecule has 0 unspecified atom stereocenters. The summed E-state index contributed by atoms with van der Waals surface area (Å²) in [4.78, 5) is 12.8. The number of para-hydroxylation sites is 1. The molecule has 5 nitrogen and oxygen atoms in total. The number of carbonyl (C=O) groups excluding carboxylic acids is 1. The van der Waals surface area contributed by atoms with Crippen molar-refractivity contribution in [2.24, 2.45) is 0 Å². The molecule has 2 aromatic carbocycles. The van der Waals surface area contributed by atoms with Crippen LogP contribution in [0.3, 0.4) is 0 Å². The molecule has 0 aromatic heterocycles. The van der Waals surface area contributed by atoms with Crippen molar-refractivity contribution in [3.05, 3.63) is 57.6 Å². The Labute approximate surface area is 164 Å². The monoisotopic (exact) mass is 414 g/mol. The number of nitrogens with one attached hydrogen (secondary N) is 1. The maximum atomic E-state index is 12.8. The number of amides is 1. The quantitative estimate of drug-likeness (QED) is 0.787. The lowest BCUT2D eigenvalue weighted by atomic mass is 10.1. The topological polar surface area (TPSA) is 66.5 Å². The summed E-state index contributed by atoms with van der Waals surface area (Å²) in [5.41, 5.74) is 2.73. The molecule has 1 amide bonds. The highest BCUT2D eigenvalue weighted by atomic mass is 35.5. The van der Waals surface area contributed by atoms with Crippen molar-refractivity contribution >= 4 is 50.5 Å². The Kier molecular flexibility index (Phi) is 6.21. The number of carbonyl (C=O) groups is 1. The van der Waals surface area contributed by atoms with E-state index in [2.05, 4.69) is 5.32 Å². The van der Waals surface area contributed by atoms with E-state index in [9.17, 15) is 13.2 Å². The first kappa shape index (κ1) is 20.6. The van der Waals surface area contributed by atoms with Gasteiger partial charge in [-0.3, -0.25) is 9.10 Å². The highest BCUT2D eigenvalue weighted by Gasteiger charge is 2.30. The van der Waals surface area contributed by atoms with Crippen molar-refractivity contribution in [1.29, 1.82) is 0 Å². The molecule has 0 spiro atoms. The van der Waals surface area contributed by atoms with Crippen LogP contribution >= 0.6 is 23.2 Å². The summed E-state index contributed by atoms with van der Waals surface area (Å²) in [6.45, 7) is 5.27. The van der Waals surface area contributed by atoms with E-state index in [0.717, 1.165) is 21.7 Å². The molecule has 140 valence electrons. The minimum atomic E-state index is -3.73. The summed E-state index contributed by atoms with van der Waals surface area (Å²) in [5, 5.41) is 3.33. The highest BCUT2D eigenvalue weighted by molar-refractivity contribution is 7.92. The van der Waals surface area contributed by atoms with Gasteiger partial charge in [0.2, 0.25) is 15.9 Å². The van der Waals surface area contributed by atoms with Gasteiger partial charge in [-0.25, -0.2) is 8.42 Å². The molecule has 1 N–H and O–H groups in total. The number of hydrogen-bond donors (Lipinski definition) is 1. The lowest BCUT2D eigenvalue weighted by Crippen LogP contribution is -2.45. The lowest BCUT2D eigenvalue weighted by molar-refractivity contribution is -0.116. The van der Waals surface area contributed by atoms with Crippen LogP contribution in [0.4, 0.5) is 11.4 Å². The Balaban J connectivity index is 2.39. The van der Waals surface area contributed by atoms with Crippen molar-refractivity contribution in [2.75, 3.05) is 15.9 Å². The molecule has 2 aromatic rings. The Morgan fingerprint density at radius 3 is 2.15 bits per heavy atom. The summed E-state index contributed by atoms with van der Waals surface area (Å²) in [5.74, 6) is -0.445. The van der Waals surface area contributed by atoms with Gasteiger partial charge >= 0.3 is 0 Å². The van der Waals surface area contributed by atoms with Crippen LogP contribution in [0.5, 0.6) is 0 Å². The molecule has 0 heterocycles. The Morgan fingerprint density at radius 2 is 1.65 bits per heavy atom. The predicted octanol–water partition coefficient (Wildman–Crippen LogP) is 4.40. The molecule has 0 saturated heterocycles. The van der Waals surface area contributed by atoms with E-state index in [-0.39, 0.29) is 10.7 Å². The second-order valence-electron chi connectivity index (χ2n) is 6.09. The van der Waals surface area contributed by atoms with Gasteiger partial charge in [0.15, 0.2) is 0 Å². The van der Waals surface area contributed by atoms with E-state index in [0.29, 0.717) is 10.7 Å². The van der Waals surface area contributed by atoms with Gasteiger partial charge < -0.3 is 5.32 Å². The molecule has 0 aliphatic rings. The van der Waals surface area contributed by atoms with E-state index in [1.807, 2.05) is 32.0 Å². The fraction of sp³-hybridized carbons (Fsp3) is 0.278. The molecule has 0 aliphatic carbocycles. The number of rotatable bonds is 5. The minimum absolute atomic E-state index is 0.208. The molecule has 0 radical (unpaired) electrons. The van der Waals surface area contributed by atoms with Gasteiger partial charge in [0.1, 0.15) is 6.04 Å². The third kappa shape index (κ3) is 4.50. The molecule has 0 saturated carbocycles. The van der Waals surface area contributed by atoms with Crippen LogP contribution in [0.1, 0.15) is 18.1 Å². The normalized spacial score (nSPS) is 12.5. The van der Waals surface area contributed by atoms with E-state index in [4.69, 9.17) is 23.2 Å². The molecular weight excluding hydrogens is 395 g/mol. The second kappa shape index (κ2) is 7.86. The fourth-order valence-corrected chi connectivity index (χ4v) is 4.13. The van der Waals surface area contributed by atoms with E-state index in [1.165, 1.54) is 25.1 Å². The van der Waals surface area contributed by atoms with Crippen LogP contribution in [0, 0.1) is 13.8 Å². The van der Waals surface area contributed by atoms with Gasteiger partial charge in [-0.15, -0.1) is 0 Å². The van der Waals surface area contributed by atoms with Crippen LogP contribution in [0.2, 0.25) is 10.0 Å². The smallest absolute Gasteiger partial charge is 0.248 e. The number of hydrogen-bond acceptors (Lipinski definition) is 3. The van der Waals surface area contributed by atoms with Crippen LogP contribution in [-0.2, 0) is 14.8 Å². The van der Waals surface area contributed by atoms with Crippen LogP contribution in [0.25, 0.3) is 0 Å². The summed E-state index contributed by atoms with van der Waals surface area (Å²) >= 11 is 11.9. The molecule has 0 aliphatic heterocycles. The average molecular weight is 415 g/mol. The second-order valence-corrected chi connectivity index (χ2v) is 8.76. The number of halogens is 2. The summed E-state index contributed by atoms with van der Waals surface area (Å²) in [6, 6.07) is 9.09. The van der Waals surface area contributed by atoms with Crippen molar-refractivity contribution in [2.45, 2.75) is 26.8 Å². The predicted molar refractivity (Wildman–Crippen MR) is 108 cm³/mol. The van der Waals surface area contributed by atoms with Gasteiger partial charge in [0, 0.05) is 5.69 Å². The molecule has 0 fully saturated rings. The Bertz CT molecular complexity index is 925. The summed E-state index contributed by atoms with van der Waals surface area (Å²) in [6.07, 6.45) is 1.04. The zero-order valence-electron chi connectivity index (χ0n) is 14.9. The number of benzene rings is 2. The van der Waals surface area contributed by atoms with Crippen LogP contribution in [-0.4, -0.2) is 26.6 Å². The maximum absolute atomic E-state index is 12.8. The minimum Gasteiger partial charge on any atom is -0.324 e. The average Bonchev–Trinajstić information content (AvgIpc) is 2.53. The Hall–Kier alpha value is -1.76. The zero-order valence-corrected chi connectivity index (χ0v) is 17.2. The fourth-order valence-electron chi connectivity index (χ4n) is 2.67. The number of sulfonamides is 1. The summed E-state index contributed by atoms with van der Waals surface area (Å²) in [7, 11) is -3.73. The molecule has 2 rings (SSSR count). The maximum Gasteiger partial charge on any atom is 0.248 e. The van der Waals surface area contributed by atoms with E-state index < -0.39 is 22.0 Å². The third-order valence-corrected chi connectivity index (χ3v) is 5.96. The highest BCUT2D eigenvalue weighted by Crippen LogP contribution is 2.30. The standard InChI is InChI=1S/C18H20Cl2N2O3S/c1-11-6-5-7-12(2)17(11)21-18(23)13(3)22(26(4,24)25)14-8-9-15(19)16(20)10-14/h5-10,13H,1-4H3,(H,21,23)/t13-/m0/s1. The first-order chi connectivity index (χ1) is 12.0. The molecule has 0 bridgehead atoms. The van der Waals surface area contributed by atoms with Gasteiger partial charge in [-0.2, -0.15) is 0 Å². The van der Waals surface area contributed by atoms with Crippen molar-refractivity contribution in [3.8, 4) is 0 Å². The SMILES string of the molecule is Cc1cccc(C)c1NC(=O)[C@H](C)N(c1ccc(Cl)c(Cl)c1)S(C)(=O)=O. The van der Waals surface area contributed by atoms with Gasteiger partial charge in [0.05, 0.1) is 22.0 Å². The number of aryl methyl sites for hydroxylation is 2. The number of nitrogens with zero attached hydrogens (tertiary/aromatic N) is 1. The third-order valence-electron chi connectivity index (χ3n) is 3.98. The van der Waals surface area contributed by atoms with Crippen LogP contribution < -0.4 is 9.62 Å². The van der Waals surface area contributed by atoms with Crippen molar-refractivity contribution in [1.82, 2.24) is 0 Å². The lowest BCUT2D eigenvalue weighted by Gasteiger charge is -2.28. The van der Waals surface area contributed by atoms with Crippen molar-refractivity contribution < 1.29 is 13.2 Å². The first-order valence-electron chi connectivity index (χ1n) is 7.84. The van der Waals surface area contributed by atoms with E-state index in [1.54, 1.807) is 0 Å². The van der Waals surface area contributed by atoms with Gasteiger partial charge in [-0.1, -0.05) is 41.4 Å².